The Morgan fingerprint density at radius 2 is 2.05 bits per heavy atom. The molecule has 2 heterocycles. The fourth-order valence-corrected chi connectivity index (χ4v) is 4.35. The number of aryl methyl sites for hydroxylation is 1. The van der Waals surface area contributed by atoms with Crippen LogP contribution in [0.2, 0.25) is 0 Å². The molecule has 2 amide bonds. The predicted octanol–water partition coefficient (Wildman–Crippen LogP) is 5.40. The van der Waals surface area contributed by atoms with E-state index < -0.39 is 0 Å². The Bertz CT molecular complexity index is 1300. The van der Waals surface area contributed by atoms with Crippen molar-refractivity contribution < 1.29 is 9.53 Å². The summed E-state index contributed by atoms with van der Waals surface area (Å²) in [6.07, 6.45) is 13.8. The number of hydrogen-bond donors (Lipinski definition) is 2. The third-order valence-corrected chi connectivity index (χ3v) is 6.41. The van der Waals surface area contributed by atoms with Crippen LogP contribution in [0.25, 0.3) is 16.9 Å². The molecule has 1 aliphatic carbocycles. The average molecular weight is 502 g/mol. The van der Waals surface area contributed by atoms with Crippen LogP contribution in [0.4, 0.5) is 10.6 Å². The molecule has 194 valence electrons. The van der Waals surface area contributed by atoms with Gasteiger partial charge in [-0.05, 0) is 50.0 Å². The number of benzene rings is 1. The number of carbonyl (C=O) groups is 1. The fourth-order valence-electron chi connectivity index (χ4n) is 4.35. The Kier molecular flexibility index (Phi) is 8.68. The lowest BCUT2D eigenvalue weighted by atomic mass is 9.81. The molecule has 4 rings (SSSR count). The highest BCUT2D eigenvalue weighted by molar-refractivity contribution is 5.91. The highest BCUT2D eigenvalue weighted by atomic mass is 16.5. The molecule has 2 aromatic heterocycles. The van der Waals surface area contributed by atoms with E-state index in [1.807, 2.05) is 63.5 Å². The van der Waals surface area contributed by atoms with E-state index in [2.05, 4.69) is 20.7 Å². The van der Waals surface area contributed by atoms with Crippen LogP contribution in [0.5, 0.6) is 0 Å². The number of nitrogens with one attached hydrogen (secondary N) is 2. The highest BCUT2D eigenvalue weighted by Gasteiger charge is 2.21. The van der Waals surface area contributed by atoms with E-state index in [0.717, 1.165) is 40.2 Å². The van der Waals surface area contributed by atoms with Gasteiger partial charge in [0.1, 0.15) is 11.5 Å². The zero-order valence-electron chi connectivity index (χ0n) is 21.9. The Morgan fingerprint density at radius 3 is 2.68 bits per heavy atom. The minimum Gasteiger partial charge on any atom is -0.378 e. The van der Waals surface area contributed by atoms with E-state index in [-0.39, 0.29) is 6.03 Å². The normalized spacial score (nSPS) is 14.7. The van der Waals surface area contributed by atoms with Gasteiger partial charge in [0.2, 0.25) is 0 Å². The molecule has 1 fully saturated rings. The van der Waals surface area contributed by atoms with Crippen LogP contribution < -0.4 is 10.6 Å². The lowest BCUT2D eigenvalue weighted by Crippen LogP contribution is -2.26. The number of aliphatic imine (C=N–C) groups is 1. The number of rotatable bonds is 10. The minimum atomic E-state index is -0.343. The Balaban J connectivity index is 1.60. The van der Waals surface area contributed by atoms with Crippen LogP contribution in [0.3, 0.4) is 0 Å². The second-order valence-electron chi connectivity index (χ2n) is 9.25. The maximum atomic E-state index is 13.1. The molecule has 1 saturated carbocycles. The molecule has 2 N–H and O–H groups in total. The topological polar surface area (TPSA) is 98.4 Å². The second kappa shape index (κ2) is 12.3. The van der Waals surface area contributed by atoms with Gasteiger partial charge in [0.15, 0.2) is 0 Å². The molecule has 37 heavy (non-hydrogen) atoms. The van der Waals surface area contributed by atoms with Crippen molar-refractivity contribution in [3.8, 4) is 16.9 Å². The molecule has 0 radical (unpaired) electrons. The molecule has 0 saturated heterocycles. The summed E-state index contributed by atoms with van der Waals surface area (Å²) in [5.74, 6) is 1.23. The number of aromatic nitrogens is 4. The number of hydrogen-bond acceptors (Lipinski definition) is 5. The molecular formula is C28H35N7O2. The quantitative estimate of drug-likeness (QED) is 0.287. The van der Waals surface area contributed by atoms with E-state index in [1.165, 1.54) is 19.3 Å². The maximum absolute atomic E-state index is 13.1. The van der Waals surface area contributed by atoms with Crippen molar-refractivity contribution in [3.63, 3.8) is 0 Å². The molecule has 9 nitrogen and oxygen atoms in total. The first-order chi connectivity index (χ1) is 18.0. The van der Waals surface area contributed by atoms with E-state index in [1.54, 1.807) is 35.1 Å². The van der Waals surface area contributed by atoms with Gasteiger partial charge in [-0.3, -0.25) is 15.0 Å². The number of methoxy groups -OCH3 is 1. The Hall–Kier alpha value is -3.98. The van der Waals surface area contributed by atoms with Crippen LogP contribution in [0.15, 0.2) is 71.3 Å². The summed E-state index contributed by atoms with van der Waals surface area (Å²) in [6, 6.07) is 9.40. The molecule has 0 unspecified atom stereocenters. The van der Waals surface area contributed by atoms with E-state index in [4.69, 9.17) is 9.84 Å². The van der Waals surface area contributed by atoms with Crippen LogP contribution in [0, 0.1) is 12.8 Å². The summed E-state index contributed by atoms with van der Waals surface area (Å²) < 4.78 is 8.78. The minimum absolute atomic E-state index is 0.343. The van der Waals surface area contributed by atoms with Crippen molar-refractivity contribution in [2.24, 2.45) is 18.0 Å². The largest absolute Gasteiger partial charge is 0.378 e. The summed E-state index contributed by atoms with van der Waals surface area (Å²) in [7, 11) is 3.52. The van der Waals surface area contributed by atoms with Crippen molar-refractivity contribution in [1.29, 1.82) is 0 Å². The van der Waals surface area contributed by atoms with E-state index in [9.17, 15) is 4.79 Å². The van der Waals surface area contributed by atoms with Crippen LogP contribution in [0.1, 0.15) is 38.2 Å². The summed E-state index contributed by atoms with van der Waals surface area (Å²) in [5.41, 5.74) is 5.18. The van der Waals surface area contributed by atoms with Crippen LogP contribution >= 0.6 is 0 Å². The number of ether oxygens (including phenoxy) is 1. The van der Waals surface area contributed by atoms with Crippen molar-refractivity contribution in [3.05, 3.63) is 71.8 Å². The van der Waals surface area contributed by atoms with Crippen molar-refractivity contribution in [1.82, 2.24) is 24.9 Å². The predicted molar refractivity (Wildman–Crippen MR) is 147 cm³/mol. The van der Waals surface area contributed by atoms with Crippen molar-refractivity contribution in [2.75, 3.05) is 19.0 Å². The van der Waals surface area contributed by atoms with Gasteiger partial charge in [0.05, 0.1) is 24.2 Å². The molecular weight excluding hydrogens is 466 g/mol. The number of carbonyl (C=O) groups excluding carboxylic acids is 1. The highest BCUT2D eigenvalue weighted by Crippen LogP contribution is 2.33. The third-order valence-electron chi connectivity index (χ3n) is 6.41. The fraction of sp³-hybridized carbons (Fsp3) is 0.357. The molecule has 0 spiro atoms. The Labute approximate surface area is 217 Å². The van der Waals surface area contributed by atoms with Gasteiger partial charge in [0, 0.05) is 43.9 Å². The lowest BCUT2D eigenvalue weighted by molar-refractivity contribution is 0.225. The zero-order chi connectivity index (χ0) is 26.2. The van der Waals surface area contributed by atoms with E-state index in [0.29, 0.717) is 18.3 Å². The first-order valence-corrected chi connectivity index (χ1v) is 12.6. The monoisotopic (exact) mass is 501 g/mol. The lowest BCUT2D eigenvalue weighted by Gasteiger charge is -2.25. The van der Waals surface area contributed by atoms with Crippen LogP contribution in [-0.2, 0) is 11.8 Å². The number of anilines is 1. The van der Waals surface area contributed by atoms with Gasteiger partial charge >= 0.3 is 6.03 Å². The van der Waals surface area contributed by atoms with Gasteiger partial charge in [0.25, 0.3) is 0 Å². The molecule has 3 aromatic rings. The molecule has 9 heteroatoms. The molecule has 1 aromatic carbocycles. The molecule has 0 aliphatic heterocycles. The van der Waals surface area contributed by atoms with Gasteiger partial charge < -0.3 is 10.1 Å². The molecule has 0 atom stereocenters. The van der Waals surface area contributed by atoms with Gasteiger partial charge in [-0.25, -0.2) is 9.48 Å². The van der Waals surface area contributed by atoms with Gasteiger partial charge in [-0.2, -0.15) is 10.2 Å². The summed E-state index contributed by atoms with van der Waals surface area (Å²) in [4.78, 5) is 17.5. The SMILES string of the molecule is CC=N/C(=C\C(=C\NC(=O)Nc1c(C)c(-c2cnn(C)c2)nn1-c1ccccc1)CC1CCC1)COC. The van der Waals surface area contributed by atoms with Gasteiger partial charge in [-0.15, -0.1) is 0 Å². The first kappa shape index (κ1) is 26.1. The van der Waals surface area contributed by atoms with E-state index >= 15 is 0 Å². The molecule has 0 bridgehead atoms. The van der Waals surface area contributed by atoms with Crippen molar-refractivity contribution >= 4 is 18.1 Å². The average Bonchev–Trinajstić information content (AvgIpc) is 3.43. The maximum Gasteiger partial charge on any atom is 0.324 e. The number of allylic oxidation sites excluding steroid dienone is 2. The first-order valence-electron chi connectivity index (χ1n) is 12.6. The van der Waals surface area contributed by atoms with Gasteiger partial charge in [-0.1, -0.05) is 37.5 Å². The summed E-state index contributed by atoms with van der Waals surface area (Å²) >= 11 is 0. The van der Waals surface area contributed by atoms with Crippen LogP contribution in [-0.4, -0.2) is 45.5 Å². The summed E-state index contributed by atoms with van der Waals surface area (Å²) in [6.45, 7) is 4.23. The number of nitrogens with zero attached hydrogens (tertiary/aromatic N) is 5. The standard InChI is InChI=1S/C28H35N7O2/c1-5-29-24(19-37-4)15-22(14-21-10-9-11-21)16-30-28(36)32-27-20(2)26(23-17-31-34(3)18-23)33-35(27)25-12-7-6-8-13-25/h5-8,12-13,15-18,21H,9-11,14,19H2,1-4H3,(H2,30,32,36)/b22-16+,24-15-,29-5?. The smallest absolute Gasteiger partial charge is 0.324 e. The second-order valence-corrected chi connectivity index (χ2v) is 9.25. The molecule has 1 aliphatic rings. The number of urea groups is 1. The Morgan fingerprint density at radius 1 is 1.27 bits per heavy atom. The zero-order valence-corrected chi connectivity index (χ0v) is 21.9. The summed E-state index contributed by atoms with van der Waals surface area (Å²) in [5, 5.41) is 15.0. The number of para-hydroxylation sites is 1. The third kappa shape index (κ3) is 6.62. The number of amides is 2. The van der Waals surface area contributed by atoms with Crippen molar-refractivity contribution in [2.45, 2.75) is 39.5 Å².